The molecule has 1 nitrogen and oxygen atoms in total. The monoisotopic (exact) mass is 278 g/mol. The number of halogens is 2. The summed E-state index contributed by atoms with van der Waals surface area (Å²) < 4.78 is 14.2. The molecule has 0 saturated heterocycles. The zero-order valence-corrected chi connectivity index (χ0v) is 10.5. The van der Waals surface area contributed by atoms with Crippen LogP contribution in [0.4, 0.5) is 4.39 Å². The highest BCUT2D eigenvalue weighted by Gasteiger charge is 2.09. The highest BCUT2D eigenvalue weighted by Crippen LogP contribution is 2.30. The van der Waals surface area contributed by atoms with Gasteiger partial charge in [-0.3, -0.25) is 0 Å². The zero-order valence-electron chi connectivity index (χ0n) is 8.05. The Bertz CT molecular complexity index is 305. The molecule has 0 heterocycles. The van der Waals surface area contributed by atoms with Crippen LogP contribution in [0.5, 0.6) is 0 Å². The van der Waals surface area contributed by atoms with E-state index in [2.05, 4.69) is 15.9 Å². The highest BCUT2D eigenvalue weighted by molar-refractivity contribution is 9.10. The molecule has 0 aliphatic rings. The van der Waals surface area contributed by atoms with Crippen LogP contribution in [0.1, 0.15) is 12.5 Å². The van der Waals surface area contributed by atoms with Crippen molar-refractivity contribution in [1.29, 1.82) is 0 Å². The molecule has 0 saturated carbocycles. The molecule has 0 spiro atoms. The van der Waals surface area contributed by atoms with Gasteiger partial charge in [-0.1, -0.05) is 0 Å². The summed E-state index contributed by atoms with van der Waals surface area (Å²) in [5.74, 6) is -0.234. The van der Waals surface area contributed by atoms with Gasteiger partial charge in [0.05, 0.1) is 11.0 Å². The lowest BCUT2D eigenvalue weighted by Crippen LogP contribution is -2.04. The standard InChI is InChI=1S/C10H12BrFOS/c1-6(13)3-7-4-8(11)10(14-2)9(12)5-7/h4-6,13H,3H2,1-2H3. The Morgan fingerprint density at radius 3 is 2.64 bits per heavy atom. The molecule has 0 aromatic heterocycles. The first-order valence-electron chi connectivity index (χ1n) is 4.24. The maximum Gasteiger partial charge on any atom is 0.138 e. The number of aliphatic hydroxyl groups is 1. The summed E-state index contributed by atoms with van der Waals surface area (Å²) in [4.78, 5) is 0.611. The van der Waals surface area contributed by atoms with Crippen LogP contribution >= 0.6 is 27.7 Å². The second-order valence-electron chi connectivity index (χ2n) is 3.15. The van der Waals surface area contributed by atoms with Gasteiger partial charge in [0.25, 0.3) is 0 Å². The summed E-state index contributed by atoms with van der Waals surface area (Å²) in [5.41, 5.74) is 0.808. The van der Waals surface area contributed by atoms with E-state index < -0.39 is 6.10 Å². The number of hydrogen-bond acceptors (Lipinski definition) is 2. The maximum absolute atomic E-state index is 13.4. The molecular formula is C10H12BrFOS. The normalized spacial score (nSPS) is 12.9. The molecule has 14 heavy (non-hydrogen) atoms. The minimum absolute atomic E-state index is 0.234. The van der Waals surface area contributed by atoms with E-state index in [1.54, 1.807) is 6.92 Å². The van der Waals surface area contributed by atoms with Crippen LogP contribution in [-0.4, -0.2) is 17.5 Å². The van der Waals surface area contributed by atoms with Crippen molar-refractivity contribution < 1.29 is 9.50 Å². The van der Waals surface area contributed by atoms with Crippen molar-refractivity contribution in [1.82, 2.24) is 0 Å². The van der Waals surface area contributed by atoms with E-state index in [-0.39, 0.29) is 5.82 Å². The van der Waals surface area contributed by atoms with E-state index in [0.29, 0.717) is 11.3 Å². The fraction of sp³-hybridized carbons (Fsp3) is 0.400. The number of aliphatic hydroxyl groups excluding tert-OH is 1. The molecule has 0 bridgehead atoms. The summed E-state index contributed by atoms with van der Waals surface area (Å²) in [6, 6.07) is 3.32. The van der Waals surface area contributed by atoms with Crippen molar-refractivity contribution in [2.24, 2.45) is 0 Å². The number of hydrogen-bond donors (Lipinski definition) is 1. The van der Waals surface area contributed by atoms with Gasteiger partial charge in [0.1, 0.15) is 5.82 Å². The number of rotatable bonds is 3. The van der Waals surface area contributed by atoms with E-state index in [1.165, 1.54) is 17.8 Å². The van der Waals surface area contributed by atoms with E-state index in [0.717, 1.165) is 10.0 Å². The first-order valence-corrected chi connectivity index (χ1v) is 6.26. The van der Waals surface area contributed by atoms with Gasteiger partial charge in [0, 0.05) is 4.47 Å². The number of benzene rings is 1. The van der Waals surface area contributed by atoms with E-state index in [9.17, 15) is 9.50 Å². The summed E-state index contributed by atoms with van der Waals surface area (Å²) in [6.45, 7) is 1.69. The molecule has 0 radical (unpaired) electrons. The van der Waals surface area contributed by atoms with Gasteiger partial charge < -0.3 is 5.11 Å². The molecule has 1 atom stereocenters. The van der Waals surface area contributed by atoms with Crippen molar-refractivity contribution in [2.75, 3.05) is 6.26 Å². The Kier molecular flexibility index (Phi) is 4.41. The minimum atomic E-state index is -0.443. The van der Waals surface area contributed by atoms with Crippen molar-refractivity contribution in [3.05, 3.63) is 28.0 Å². The fourth-order valence-electron chi connectivity index (χ4n) is 1.27. The third kappa shape index (κ3) is 2.97. The van der Waals surface area contributed by atoms with Crippen molar-refractivity contribution in [2.45, 2.75) is 24.3 Å². The molecule has 0 fully saturated rings. The summed E-state index contributed by atoms with van der Waals surface area (Å²) in [5, 5.41) is 9.17. The van der Waals surface area contributed by atoms with Crippen LogP contribution < -0.4 is 0 Å². The van der Waals surface area contributed by atoms with Crippen molar-refractivity contribution in [3.63, 3.8) is 0 Å². The number of thioether (sulfide) groups is 1. The predicted octanol–water partition coefficient (Wildman–Crippen LogP) is 3.23. The van der Waals surface area contributed by atoms with Gasteiger partial charge in [-0.2, -0.15) is 0 Å². The molecule has 0 amide bonds. The molecule has 0 aliphatic heterocycles. The van der Waals surface area contributed by atoms with E-state index in [1.807, 2.05) is 12.3 Å². The second-order valence-corrected chi connectivity index (χ2v) is 4.82. The predicted molar refractivity (Wildman–Crippen MR) is 61.3 cm³/mol. The minimum Gasteiger partial charge on any atom is -0.393 e. The third-order valence-corrected chi connectivity index (χ3v) is 3.50. The van der Waals surface area contributed by atoms with Gasteiger partial charge in [-0.25, -0.2) is 4.39 Å². The first-order chi connectivity index (χ1) is 6.54. The van der Waals surface area contributed by atoms with Crippen molar-refractivity contribution in [3.8, 4) is 0 Å². The lowest BCUT2D eigenvalue weighted by molar-refractivity contribution is 0.195. The molecule has 1 rings (SSSR count). The second kappa shape index (κ2) is 5.14. The quantitative estimate of drug-likeness (QED) is 0.857. The Hall–Kier alpha value is -0.0600. The fourth-order valence-corrected chi connectivity index (χ4v) is 2.74. The topological polar surface area (TPSA) is 20.2 Å². The first kappa shape index (κ1) is 12.0. The molecule has 78 valence electrons. The van der Waals surface area contributed by atoms with Crippen LogP contribution in [0.25, 0.3) is 0 Å². The Morgan fingerprint density at radius 2 is 2.21 bits per heavy atom. The van der Waals surface area contributed by atoms with Crippen molar-refractivity contribution >= 4 is 27.7 Å². The Morgan fingerprint density at radius 1 is 1.57 bits per heavy atom. The average Bonchev–Trinajstić information content (AvgIpc) is 2.01. The largest absolute Gasteiger partial charge is 0.393 e. The summed E-state index contributed by atoms with van der Waals surface area (Å²) in [6.07, 6.45) is 1.86. The molecule has 1 aromatic carbocycles. The lowest BCUT2D eigenvalue weighted by Gasteiger charge is -2.08. The average molecular weight is 279 g/mol. The van der Waals surface area contributed by atoms with Gasteiger partial charge in [-0.05, 0) is 53.2 Å². The van der Waals surface area contributed by atoms with Crippen LogP contribution in [0.2, 0.25) is 0 Å². The van der Waals surface area contributed by atoms with Crippen LogP contribution in [0.15, 0.2) is 21.5 Å². The summed E-state index contributed by atoms with van der Waals surface area (Å²) >= 11 is 4.67. The highest BCUT2D eigenvalue weighted by atomic mass is 79.9. The van der Waals surface area contributed by atoms with Gasteiger partial charge in [0.2, 0.25) is 0 Å². The third-order valence-electron chi connectivity index (χ3n) is 1.79. The molecule has 1 unspecified atom stereocenters. The Labute approximate surface area is 95.8 Å². The smallest absolute Gasteiger partial charge is 0.138 e. The molecule has 1 N–H and O–H groups in total. The van der Waals surface area contributed by atoms with Gasteiger partial charge in [-0.15, -0.1) is 11.8 Å². The zero-order chi connectivity index (χ0) is 10.7. The molecule has 4 heteroatoms. The van der Waals surface area contributed by atoms with Crippen LogP contribution in [0, 0.1) is 5.82 Å². The van der Waals surface area contributed by atoms with Crippen LogP contribution in [0.3, 0.4) is 0 Å². The lowest BCUT2D eigenvalue weighted by atomic mass is 10.1. The maximum atomic E-state index is 13.4. The summed E-state index contributed by atoms with van der Waals surface area (Å²) in [7, 11) is 0. The van der Waals surface area contributed by atoms with E-state index in [4.69, 9.17) is 0 Å². The van der Waals surface area contributed by atoms with Crippen LogP contribution in [-0.2, 0) is 6.42 Å². The van der Waals surface area contributed by atoms with Gasteiger partial charge in [0.15, 0.2) is 0 Å². The van der Waals surface area contributed by atoms with E-state index >= 15 is 0 Å². The molecule has 0 aliphatic carbocycles. The Balaban J connectivity index is 3.01. The molecular weight excluding hydrogens is 267 g/mol. The van der Waals surface area contributed by atoms with Gasteiger partial charge >= 0.3 is 0 Å². The SMILES string of the molecule is CSc1c(F)cc(CC(C)O)cc1Br. The molecule has 1 aromatic rings.